The van der Waals surface area contributed by atoms with Gasteiger partial charge in [-0.2, -0.15) is 31.6 Å². The predicted molar refractivity (Wildman–Crippen MR) is 119 cm³/mol. The van der Waals surface area contributed by atoms with Crippen molar-refractivity contribution in [2.45, 2.75) is 32.2 Å². The summed E-state index contributed by atoms with van der Waals surface area (Å²) < 4.78 is 85.1. The summed E-state index contributed by atoms with van der Waals surface area (Å²) in [6, 6.07) is 4.94. The molecule has 0 spiro atoms. The van der Waals surface area contributed by atoms with Gasteiger partial charge in [0.05, 0.1) is 36.0 Å². The van der Waals surface area contributed by atoms with E-state index in [9.17, 15) is 31.1 Å². The van der Waals surface area contributed by atoms with E-state index in [-0.39, 0.29) is 42.8 Å². The molecule has 0 saturated carbocycles. The highest BCUT2D eigenvalue weighted by molar-refractivity contribution is 7.17. The normalized spacial score (nSPS) is 13.6. The Balaban J connectivity index is 1.61. The molecule has 1 aromatic carbocycles. The van der Waals surface area contributed by atoms with Crippen molar-refractivity contribution >= 4 is 33.9 Å². The highest BCUT2D eigenvalue weighted by Crippen LogP contribution is 2.39. The van der Waals surface area contributed by atoms with E-state index in [2.05, 4.69) is 20.3 Å². The van der Waals surface area contributed by atoms with Gasteiger partial charge in [-0.05, 0) is 31.5 Å². The number of esters is 1. The molecule has 0 amide bonds. The van der Waals surface area contributed by atoms with Crippen LogP contribution in [0.5, 0.6) is 0 Å². The van der Waals surface area contributed by atoms with Gasteiger partial charge < -0.3 is 15.0 Å². The van der Waals surface area contributed by atoms with E-state index >= 15 is 0 Å². The van der Waals surface area contributed by atoms with E-state index in [1.54, 1.807) is 4.90 Å². The number of carbonyl (C=O) groups excluding carboxylic acids is 1. The molecule has 2 aromatic heterocycles. The quantitative estimate of drug-likeness (QED) is 0.341. The van der Waals surface area contributed by atoms with Crippen LogP contribution in [-0.2, 0) is 30.1 Å². The van der Waals surface area contributed by atoms with Crippen LogP contribution in [0.1, 0.15) is 44.7 Å². The third kappa shape index (κ3) is 5.43. The Morgan fingerprint density at radius 1 is 1.22 bits per heavy atom. The molecular weight excluding hydrogens is 526 g/mol. The van der Waals surface area contributed by atoms with E-state index < -0.39 is 40.0 Å². The van der Waals surface area contributed by atoms with Crippen LogP contribution in [0, 0.1) is 11.3 Å². The first kappa shape index (κ1) is 26.1. The highest BCUT2D eigenvalue weighted by Gasteiger charge is 2.40. The first-order valence-corrected chi connectivity index (χ1v) is 11.4. The number of nitrogens with zero attached hydrogens (tertiary/aromatic N) is 5. The van der Waals surface area contributed by atoms with Crippen LogP contribution in [0.25, 0.3) is 0 Å². The summed E-state index contributed by atoms with van der Waals surface area (Å²) in [7, 11) is 0. The maximum atomic E-state index is 13.4. The highest BCUT2D eigenvalue weighted by atomic mass is 32.1. The molecule has 0 bridgehead atoms. The van der Waals surface area contributed by atoms with Crippen LogP contribution >= 0.6 is 11.3 Å². The first-order chi connectivity index (χ1) is 17.4. The molecule has 194 valence electrons. The molecule has 15 heteroatoms. The van der Waals surface area contributed by atoms with Gasteiger partial charge in [0.25, 0.3) is 0 Å². The van der Waals surface area contributed by atoms with Gasteiger partial charge in [-0.3, -0.25) is 0 Å². The Morgan fingerprint density at radius 3 is 2.62 bits per heavy atom. The fraction of sp³-hybridized carbons (Fsp3) is 0.318. The van der Waals surface area contributed by atoms with E-state index in [0.29, 0.717) is 22.6 Å². The van der Waals surface area contributed by atoms with Crippen molar-refractivity contribution in [3.63, 3.8) is 0 Å². The van der Waals surface area contributed by atoms with Crippen LogP contribution in [0.3, 0.4) is 0 Å². The number of carbonyl (C=O) groups is 1. The molecular formula is C22H16F6N6O2S. The minimum atomic E-state index is -4.89. The predicted octanol–water partition coefficient (Wildman–Crippen LogP) is 5.33. The summed E-state index contributed by atoms with van der Waals surface area (Å²) >= 11 is 0.464. The molecule has 37 heavy (non-hydrogen) atoms. The second-order valence-electron chi connectivity index (χ2n) is 7.70. The number of anilines is 3. The topological polar surface area (TPSA) is 104 Å². The number of nitriles is 1. The zero-order chi connectivity index (χ0) is 27.0. The zero-order valence-electron chi connectivity index (χ0n) is 18.9. The fourth-order valence-corrected chi connectivity index (χ4v) is 4.62. The number of hydrogen-bond donors (Lipinski definition) is 1. The lowest BCUT2D eigenvalue weighted by Crippen LogP contribution is -2.32. The molecule has 0 fully saturated rings. The maximum Gasteiger partial charge on any atom is 0.435 e. The molecule has 1 aliphatic rings. The van der Waals surface area contributed by atoms with Crippen molar-refractivity contribution < 1.29 is 35.9 Å². The van der Waals surface area contributed by atoms with Crippen LogP contribution in [-0.4, -0.2) is 34.1 Å². The molecule has 8 nitrogen and oxygen atoms in total. The molecule has 0 saturated heterocycles. The Hall–Kier alpha value is -3.93. The Morgan fingerprint density at radius 2 is 1.97 bits per heavy atom. The largest absolute Gasteiger partial charge is 0.462 e. The maximum absolute atomic E-state index is 13.4. The average Bonchev–Trinajstić information content (AvgIpc) is 3.28. The summed E-state index contributed by atoms with van der Waals surface area (Å²) in [5.41, 5.74) is -1.70. The van der Waals surface area contributed by atoms with Gasteiger partial charge in [0.2, 0.25) is 0 Å². The number of benzene rings is 1. The molecule has 0 aliphatic carbocycles. The van der Waals surface area contributed by atoms with Crippen LogP contribution in [0.15, 0.2) is 24.5 Å². The number of ether oxygens (including phenoxy) is 1. The van der Waals surface area contributed by atoms with Gasteiger partial charge in [0.15, 0.2) is 10.8 Å². The van der Waals surface area contributed by atoms with Crippen molar-refractivity contribution in [2.24, 2.45) is 0 Å². The zero-order valence-corrected chi connectivity index (χ0v) is 19.7. The summed E-state index contributed by atoms with van der Waals surface area (Å²) in [6.07, 6.45) is -8.18. The second kappa shape index (κ2) is 9.85. The number of hydrogen-bond acceptors (Lipinski definition) is 9. The van der Waals surface area contributed by atoms with Crippen molar-refractivity contribution in [3.8, 4) is 6.07 Å². The number of aromatic nitrogens is 3. The lowest BCUT2D eigenvalue weighted by molar-refractivity contribution is -0.141. The number of thiazole rings is 1. The summed E-state index contributed by atoms with van der Waals surface area (Å²) in [5, 5.41) is 11.5. The first-order valence-electron chi connectivity index (χ1n) is 10.6. The molecule has 0 radical (unpaired) electrons. The third-order valence-electron chi connectivity index (χ3n) is 5.38. The third-order valence-corrected chi connectivity index (χ3v) is 6.33. The summed E-state index contributed by atoms with van der Waals surface area (Å²) in [5.74, 6) is -0.986. The Kier molecular flexibility index (Phi) is 6.96. The van der Waals surface area contributed by atoms with E-state index in [1.807, 2.05) is 0 Å². The van der Waals surface area contributed by atoms with Gasteiger partial charge in [-0.1, -0.05) is 11.3 Å². The van der Waals surface area contributed by atoms with E-state index in [0.717, 1.165) is 18.5 Å². The van der Waals surface area contributed by atoms with Gasteiger partial charge in [-0.15, -0.1) is 0 Å². The minimum Gasteiger partial charge on any atom is -0.462 e. The molecule has 0 atom stereocenters. The monoisotopic (exact) mass is 542 g/mol. The summed E-state index contributed by atoms with van der Waals surface area (Å²) in [4.78, 5) is 24.7. The van der Waals surface area contributed by atoms with Gasteiger partial charge >= 0.3 is 18.3 Å². The van der Waals surface area contributed by atoms with Gasteiger partial charge in [0, 0.05) is 17.8 Å². The van der Waals surface area contributed by atoms with Crippen molar-refractivity contribution in [1.82, 2.24) is 15.0 Å². The minimum absolute atomic E-state index is 0.0927. The Labute approximate surface area is 209 Å². The number of nitrogens with one attached hydrogen (secondary N) is 1. The van der Waals surface area contributed by atoms with Crippen LogP contribution < -0.4 is 10.2 Å². The van der Waals surface area contributed by atoms with Crippen LogP contribution in [0.2, 0.25) is 0 Å². The second-order valence-corrected chi connectivity index (χ2v) is 8.70. The summed E-state index contributed by atoms with van der Waals surface area (Å²) in [6.45, 7) is 1.69. The smallest absolute Gasteiger partial charge is 0.435 e. The number of halogens is 6. The Bertz CT molecular complexity index is 1380. The van der Waals surface area contributed by atoms with Gasteiger partial charge in [0.1, 0.15) is 17.0 Å². The van der Waals surface area contributed by atoms with E-state index in [4.69, 9.17) is 10.00 Å². The number of alkyl halides is 6. The van der Waals surface area contributed by atoms with Crippen molar-refractivity contribution in [3.05, 3.63) is 57.5 Å². The SMILES string of the molecule is CCOC(=O)c1sc(Nc2ncnc3c2CCN(c2ccc(C#N)c(C(F)(F)F)c2)C3)nc1C(F)(F)F. The van der Waals surface area contributed by atoms with Crippen molar-refractivity contribution in [1.29, 1.82) is 5.26 Å². The average molecular weight is 542 g/mol. The van der Waals surface area contributed by atoms with Crippen molar-refractivity contribution in [2.75, 3.05) is 23.4 Å². The molecule has 1 aliphatic heterocycles. The number of fused-ring (bicyclic) bond motifs is 1. The molecule has 1 N–H and O–H groups in total. The van der Waals surface area contributed by atoms with Gasteiger partial charge in [-0.25, -0.2) is 19.7 Å². The molecule has 3 aromatic rings. The number of rotatable bonds is 5. The lowest BCUT2D eigenvalue weighted by atomic mass is 10.0. The lowest BCUT2D eigenvalue weighted by Gasteiger charge is -2.31. The molecule has 3 heterocycles. The van der Waals surface area contributed by atoms with E-state index in [1.165, 1.54) is 19.1 Å². The standard InChI is InChI=1S/C22H16F6N6O2S/c1-2-36-19(35)16-17(22(26,27)28)32-20(37-16)33-18-13-5-6-34(9-15(13)30-10-31-18)12-4-3-11(8-29)14(7-12)21(23,24)25/h3-4,7,10H,2,5-6,9H2,1H3,(H,30,31,32,33). The fourth-order valence-electron chi connectivity index (χ4n) is 3.75. The van der Waals surface area contributed by atoms with Crippen LogP contribution in [0.4, 0.5) is 43.0 Å². The molecule has 4 rings (SSSR count). The molecule has 0 unspecified atom stereocenters.